The zero-order chi connectivity index (χ0) is 14.4. The Morgan fingerprint density at radius 2 is 1.76 bits per heavy atom. The van der Waals surface area contributed by atoms with Crippen molar-refractivity contribution in [2.75, 3.05) is 13.6 Å². The number of fused-ring (bicyclic) bond motifs is 1. The predicted molar refractivity (Wildman–Crippen MR) is 87.3 cm³/mol. The van der Waals surface area contributed by atoms with Gasteiger partial charge in [-0.25, -0.2) is 0 Å². The highest BCUT2D eigenvalue weighted by Gasteiger charge is 2.27. The second-order valence-corrected chi connectivity index (χ2v) is 6.25. The summed E-state index contributed by atoms with van der Waals surface area (Å²) in [4.78, 5) is 2.47. The van der Waals surface area contributed by atoms with Crippen LogP contribution in [0.15, 0.2) is 54.6 Å². The summed E-state index contributed by atoms with van der Waals surface area (Å²) in [6.07, 6.45) is 5.53. The van der Waals surface area contributed by atoms with E-state index in [4.69, 9.17) is 0 Å². The number of hydrogen-bond acceptors (Lipinski definition) is 1. The average Bonchev–Trinajstić information content (AvgIpc) is 3.33. The summed E-state index contributed by atoms with van der Waals surface area (Å²) in [5.74, 6) is 1.39. The van der Waals surface area contributed by atoms with Crippen LogP contribution in [0.1, 0.15) is 33.9 Å². The molecule has 0 saturated carbocycles. The normalized spacial score (nSPS) is 21.3. The number of hydrogen-bond donors (Lipinski definition) is 0. The molecule has 0 N–H and O–H groups in total. The molecule has 1 unspecified atom stereocenters. The Kier molecular flexibility index (Phi) is 2.97. The zero-order valence-electron chi connectivity index (χ0n) is 12.6. The first kappa shape index (κ1) is 12.8. The van der Waals surface area contributed by atoms with Crippen molar-refractivity contribution in [3.63, 3.8) is 0 Å². The van der Waals surface area contributed by atoms with Gasteiger partial charge in [0.15, 0.2) is 0 Å². The number of aryl methyl sites for hydroxylation is 1. The lowest BCUT2D eigenvalue weighted by Gasteiger charge is -2.35. The van der Waals surface area contributed by atoms with Crippen LogP contribution in [0.2, 0.25) is 0 Å². The third-order valence-electron chi connectivity index (χ3n) is 4.67. The SMILES string of the molecule is Cc1ccc(C2c3ccc([C]4C=C4)cc3CCN2C)cc1. The number of benzene rings is 2. The van der Waals surface area contributed by atoms with Gasteiger partial charge in [-0.15, -0.1) is 0 Å². The van der Waals surface area contributed by atoms with Crippen LogP contribution in [0.3, 0.4) is 0 Å². The van der Waals surface area contributed by atoms with Crippen LogP contribution in [0.5, 0.6) is 0 Å². The van der Waals surface area contributed by atoms with E-state index < -0.39 is 0 Å². The molecule has 1 aliphatic carbocycles. The number of likely N-dealkylation sites (N-methyl/N-ethyl adjacent to an activating group) is 1. The van der Waals surface area contributed by atoms with E-state index in [0.29, 0.717) is 6.04 Å². The fraction of sp³-hybridized carbons (Fsp3) is 0.250. The minimum absolute atomic E-state index is 0.389. The Labute approximate surface area is 126 Å². The van der Waals surface area contributed by atoms with Crippen molar-refractivity contribution >= 4 is 0 Å². The van der Waals surface area contributed by atoms with Crippen molar-refractivity contribution in [3.05, 3.63) is 88.4 Å². The van der Waals surface area contributed by atoms with Crippen LogP contribution in [0.4, 0.5) is 0 Å². The van der Waals surface area contributed by atoms with Crippen molar-refractivity contribution in [3.8, 4) is 0 Å². The van der Waals surface area contributed by atoms with Crippen LogP contribution in [-0.4, -0.2) is 18.5 Å². The molecule has 2 aliphatic rings. The largest absolute Gasteiger partial charge is 0.295 e. The van der Waals surface area contributed by atoms with Crippen molar-refractivity contribution in [1.82, 2.24) is 4.90 Å². The predicted octanol–water partition coefficient (Wildman–Crippen LogP) is 4.06. The lowest BCUT2D eigenvalue weighted by molar-refractivity contribution is 0.265. The van der Waals surface area contributed by atoms with Crippen LogP contribution in [0, 0.1) is 12.8 Å². The van der Waals surface area contributed by atoms with E-state index in [1.54, 1.807) is 0 Å². The molecule has 1 radical (unpaired) electrons. The monoisotopic (exact) mass is 274 g/mol. The molecular formula is C20H20N. The lowest BCUT2D eigenvalue weighted by atomic mass is 9.86. The molecule has 0 spiro atoms. The van der Waals surface area contributed by atoms with Crippen molar-refractivity contribution < 1.29 is 0 Å². The van der Waals surface area contributed by atoms with E-state index in [1.807, 2.05) is 0 Å². The Balaban J connectivity index is 1.76. The van der Waals surface area contributed by atoms with Gasteiger partial charge in [0, 0.05) is 12.5 Å². The van der Waals surface area contributed by atoms with Gasteiger partial charge in [0.2, 0.25) is 0 Å². The first-order chi connectivity index (χ1) is 10.2. The second-order valence-electron chi connectivity index (χ2n) is 6.25. The minimum Gasteiger partial charge on any atom is -0.295 e. The highest BCUT2D eigenvalue weighted by atomic mass is 15.1. The van der Waals surface area contributed by atoms with Crippen molar-refractivity contribution in [2.45, 2.75) is 19.4 Å². The molecule has 1 atom stereocenters. The Bertz CT molecular complexity index is 690. The molecule has 1 nitrogen and oxygen atoms in total. The molecule has 1 aliphatic heterocycles. The topological polar surface area (TPSA) is 3.24 Å². The molecule has 0 amide bonds. The molecule has 0 fully saturated rings. The van der Waals surface area contributed by atoms with E-state index in [-0.39, 0.29) is 0 Å². The van der Waals surface area contributed by atoms with Gasteiger partial charge in [-0.05, 0) is 42.6 Å². The van der Waals surface area contributed by atoms with Crippen molar-refractivity contribution in [1.29, 1.82) is 0 Å². The van der Waals surface area contributed by atoms with Gasteiger partial charge in [0.25, 0.3) is 0 Å². The van der Waals surface area contributed by atoms with Crippen LogP contribution in [0.25, 0.3) is 0 Å². The summed E-state index contributed by atoms with van der Waals surface area (Å²) < 4.78 is 0. The summed E-state index contributed by atoms with van der Waals surface area (Å²) in [5, 5.41) is 0. The summed E-state index contributed by atoms with van der Waals surface area (Å²) in [6, 6.07) is 16.4. The molecule has 0 saturated heterocycles. The smallest absolute Gasteiger partial charge is 0.0602 e. The van der Waals surface area contributed by atoms with Gasteiger partial charge < -0.3 is 0 Å². The van der Waals surface area contributed by atoms with E-state index >= 15 is 0 Å². The van der Waals surface area contributed by atoms with Gasteiger partial charge in [0.05, 0.1) is 6.04 Å². The van der Waals surface area contributed by atoms with Gasteiger partial charge >= 0.3 is 0 Å². The molecule has 2 aromatic rings. The van der Waals surface area contributed by atoms with Gasteiger partial charge in [-0.3, -0.25) is 4.90 Å². The Morgan fingerprint density at radius 1 is 1.00 bits per heavy atom. The molecule has 105 valence electrons. The number of allylic oxidation sites excluding steroid dienone is 2. The molecule has 1 heterocycles. The Morgan fingerprint density at radius 3 is 2.48 bits per heavy atom. The molecular weight excluding hydrogens is 254 g/mol. The molecule has 21 heavy (non-hydrogen) atoms. The van der Waals surface area contributed by atoms with E-state index in [0.717, 1.165) is 13.0 Å². The first-order valence-electron chi connectivity index (χ1n) is 7.67. The van der Waals surface area contributed by atoms with Gasteiger partial charge in [0.1, 0.15) is 0 Å². The molecule has 2 aromatic carbocycles. The molecule has 1 heteroatoms. The number of nitrogens with zero attached hydrogens (tertiary/aromatic N) is 1. The summed E-state index contributed by atoms with van der Waals surface area (Å²) in [7, 11) is 2.23. The van der Waals surface area contributed by atoms with Gasteiger partial charge in [-0.2, -0.15) is 0 Å². The van der Waals surface area contributed by atoms with Crippen LogP contribution >= 0.6 is 0 Å². The van der Waals surface area contributed by atoms with E-state index in [9.17, 15) is 0 Å². The fourth-order valence-electron chi connectivity index (χ4n) is 3.35. The third kappa shape index (κ3) is 2.32. The maximum Gasteiger partial charge on any atom is 0.0602 e. The van der Waals surface area contributed by atoms with Gasteiger partial charge in [-0.1, -0.05) is 60.2 Å². The van der Waals surface area contributed by atoms with Crippen LogP contribution < -0.4 is 0 Å². The van der Waals surface area contributed by atoms with E-state index in [1.165, 1.54) is 33.7 Å². The standard InChI is InChI=1S/C20H20N/c1-14-3-5-16(6-4-14)20-19-10-9-17(15-7-8-15)13-18(19)11-12-21(20)2/h3-10,13,20H,11-12H2,1-2H3. The second kappa shape index (κ2) is 4.85. The first-order valence-corrected chi connectivity index (χ1v) is 7.67. The quantitative estimate of drug-likeness (QED) is 0.798. The Hall–Kier alpha value is -1.86. The molecule has 0 aromatic heterocycles. The zero-order valence-corrected chi connectivity index (χ0v) is 12.6. The van der Waals surface area contributed by atoms with E-state index in [2.05, 4.69) is 73.5 Å². The summed E-state index contributed by atoms with van der Waals surface area (Å²) >= 11 is 0. The maximum absolute atomic E-state index is 2.47. The summed E-state index contributed by atoms with van der Waals surface area (Å²) in [6.45, 7) is 3.27. The molecule has 4 rings (SSSR count). The maximum atomic E-state index is 2.47. The summed E-state index contributed by atoms with van der Waals surface area (Å²) in [5.41, 5.74) is 7.08. The highest BCUT2D eigenvalue weighted by Crippen LogP contribution is 2.37. The lowest BCUT2D eigenvalue weighted by Crippen LogP contribution is -2.32. The van der Waals surface area contributed by atoms with Crippen LogP contribution in [-0.2, 0) is 6.42 Å². The number of rotatable bonds is 2. The fourth-order valence-corrected chi connectivity index (χ4v) is 3.35. The highest BCUT2D eigenvalue weighted by molar-refractivity contribution is 5.57. The molecule has 0 bridgehead atoms. The van der Waals surface area contributed by atoms with Crippen molar-refractivity contribution in [2.24, 2.45) is 0 Å². The minimum atomic E-state index is 0.389. The third-order valence-corrected chi connectivity index (χ3v) is 4.67. The average molecular weight is 274 g/mol.